The van der Waals surface area contributed by atoms with Crippen molar-refractivity contribution in [3.63, 3.8) is 0 Å². The Morgan fingerprint density at radius 2 is 2.46 bits per heavy atom. The van der Waals surface area contributed by atoms with E-state index in [1.807, 2.05) is 0 Å². The molecule has 0 aromatic rings. The smallest absolute Gasteiger partial charge is 0.409 e. The molecule has 1 rings (SSSR count). The summed E-state index contributed by atoms with van der Waals surface area (Å²) in [6.07, 6.45) is -0.104. The molecule has 1 saturated heterocycles. The Bertz CT molecular complexity index is 204. The van der Waals surface area contributed by atoms with Gasteiger partial charge in [-0.15, -0.1) is 0 Å². The van der Waals surface area contributed by atoms with Crippen LogP contribution in [0.2, 0.25) is 0 Å². The number of esters is 1. The van der Waals surface area contributed by atoms with Gasteiger partial charge in [0, 0.05) is 6.54 Å². The Morgan fingerprint density at radius 1 is 1.69 bits per heavy atom. The lowest BCUT2D eigenvalue weighted by Gasteiger charge is -2.10. The van der Waals surface area contributed by atoms with Crippen molar-refractivity contribution in [1.82, 2.24) is 4.90 Å². The third-order valence-corrected chi connectivity index (χ3v) is 1.74. The minimum Gasteiger partial charge on any atom is -0.466 e. The topological polar surface area (TPSA) is 55.8 Å². The largest absolute Gasteiger partial charge is 0.466 e. The van der Waals surface area contributed by atoms with E-state index in [9.17, 15) is 9.59 Å². The molecule has 13 heavy (non-hydrogen) atoms. The van der Waals surface area contributed by atoms with E-state index in [-0.39, 0.29) is 18.5 Å². The summed E-state index contributed by atoms with van der Waals surface area (Å²) in [5.41, 5.74) is 0. The first-order valence-corrected chi connectivity index (χ1v) is 4.31. The van der Waals surface area contributed by atoms with E-state index in [4.69, 9.17) is 9.47 Å². The molecule has 1 amide bonds. The molecule has 1 aliphatic heterocycles. The highest BCUT2D eigenvalue weighted by atomic mass is 16.6. The molecule has 1 heterocycles. The van der Waals surface area contributed by atoms with Crippen LogP contribution in [0.25, 0.3) is 0 Å². The van der Waals surface area contributed by atoms with E-state index >= 15 is 0 Å². The van der Waals surface area contributed by atoms with Gasteiger partial charge in [-0.1, -0.05) is 0 Å². The van der Waals surface area contributed by atoms with Crippen molar-refractivity contribution in [3.05, 3.63) is 0 Å². The van der Waals surface area contributed by atoms with Gasteiger partial charge in [0.05, 0.1) is 19.6 Å². The average Bonchev–Trinajstić information content (AvgIpc) is 2.48. The van der Waals surface area contributed by atoms with Gasteiger partial charge in [-0.25, -0.2) is 4.79 Å². The molecular formula is C8H13NO4. The van der Waals surface area contributed by atoms with Crippen LogP contribution in [0.5, 0.6) is 0 Å². The normalized spacial score (nSPS) is 15.8. The standard InChI is InChI=1S/C8H13NO4/c1-2-12-7(10)3-4-9-5-6-13-8(9)11/h2-6H2,1H3. The Morgan fingerprint density at radius 3 is 3.00 bits per heavy atom. The van der Waals surface area contributed by atoms with Gasteiger partial charge < -0.3 is 14.4 Å². The Kier molecular flexibility index (Phi) is 3.54. The monoisotopic (exact) mass is 187 g/mol. The summed E-state index contributed by atoms with van der Waals surface area (Å²) < 4.78 is 9.41. The molecule has 5 heteroatoms. The third-order valence-electron chi connectivity index (χ3n) is 1.74. The molecule has 74 valence electrons. The van der Waals surface area contributed by atoms with Gasteiger partial charge in [-0.2, -0.15) is 0 Å². The summed E-state index contributed by atoms with van der Waals surface area (Å²) in [4.78, 5) is 23.3. The zero-order chi connectivity index (χ0) is 9.68. The van der Waals surface area contributed by atoms with Crippen LogP contribution in [0, 0.1) is 0 Å². The fraction of sp³-hybridized carbons (Fsp3) is 0.750. The number of hydrogen-bond donors (Lipinski definition) is 0. The lowest BCUT2D eigenvalue weighted by Crippen LogP contribution is -2.27. The second-order valence-electron chi connectivity index (χ2n) is 2.66. The zero-order valence-corrected chi connectivity index (χ0v) is 7.62. The summed E-state index contributed by atoms with van der Waals surface area (Å²) in [5.74, 6) is -0.276. The second kappa shape index (κ2) is 4.69. The van der Waals surface area contributed by atoms with E-state index in [0.717, 1.165) is 0 Å². The molecule has 1 fully saturated rings. The van der Waals surface area contributed by atoms with Crippen molar-refractivity contribution in [2.24, 2.45) is 0 Å². The van der Waals surface area contributed by atoms with Crippen LogP contribution >= 0.6 is 0 Å². The number of carbonyl (C=O) groups is 2. The number of carbonyl (C=O) groups excluding carboxylic acids is 2. The molecule has 0 aromatic carbocycles. The molecule has 0 radical (unpaired) electrons. The van der Waals surface area contributed by atoms with Crippen LogP contribution in [0.4, 0.5) is 4.79 Å². The van der Waals surface area contributed by atoms with E-state index in [1.165, 1.54) is 4.90 Å². The summed E-state index contributed by atoms with van der Waals surface area (Å²) in [6, 6.07) is 0. The lowest BCUT2D eigenvalue weighted by molar-refractivity contribution is -0.143. The van der Waals surface area contributed by atoms with Gasteiger partial charge in [0.1, 0.15) is 6.61 Å². The molecule has 0 atom stereocenters. The van der Waals surface area contributed by atoms with Crippen molar-refractivity contribution in [1.29, 1.82) is 0 Å². The highest BCUT2D eigenvalue weighted by molar-refractivity contribution is 5.72. The van der Waals surface area contributed by atoms with E-state index < -0.39 is 0 Å². The van der Waals surface area contributed by atoms with Crippen LogP contribution in [-0.4, -0.2) is 43.3 Å². The SMILES string of the molecule is CCOC(=O)CCN1CCOC1=O. The number of hydrogen-bond acceptors (Lipinski definition) is 4. The Hall–Kier alpha value is -1.26. The van der Waals surface area contributed by atoms with Crippen LogP contribution in [0.1, 0.15) is 13.3 Å². The van der Waals surface area contributed by atoms with Crippen LogP contribution in [-0.2, 0) is 14.3 Å². The zero-order valence-electron chi connectivity index (χ0n) is 7.62. The lowest BCUT2D eigenvalue weighted by atomic mass is 10.4. The minimum absolute atomic E-state index is 0.239. The van der Waals surface area contributed by atoms with Gasteiger partial charge in [0.25, 0.3) is 0 Å². The maximum Gasteiger partial charge on any atom is 0.409 e. The Balaban J connectivity index is 2.18. The van der Waals surface area contributed by atoms with Crippen molar-refractivity contribution in [2.45, 2.75) is 13.3 Å². The number of rotatable bonds is 4. The number of nitrogens with zero attached hydrogens (tertiary/aromatic N) is 1. The maximum absolute atomic E-state index is 10.9. The molecule has 0 aliphatic carbocycles. The van der Waals surface area contributed by atoms with Gasteiger partial charge in [-0.05, 0) is 6.92 Å². The predicted molar refractivity (Wildman–Crippen MR) is 44.2 cm³/mol. The van der Waals surface area contributed by atoms with E-state index in [2.05, 4.69) is 0 Å². The molecule has 0 bridgehead atoms. The molecule has 0 aromatic heterocycles. The number of amides is 1. The number of ether oxygens (including phenoxy) is 2. The molecule has 0 spiro atoms. The van der Waals surface area contributed by atoms with Crippen LogP contribution in [0.15, 0.2) is 0 Å². The van der Waals surface area contributed by atoms with Crippen LogP contribution in [0.3, 0.4) is 0 Å². The molecule has 0 N–H and O–H groups in total. The second-order valence-corrected chi connectivity index (χ2v) is 2.66. The van der Waals surface area contributed by atoms with Gasteiger partial charge in [-0.3, -0.25) is 4.79 Å². The molecule has 1 aliphatic rings. The van der Waals surface area contributed by atoms with Crippen molar-refractivity contribution in [3.8, 4) is 0 Å². The van der Waals surface area contributed by atoms with Gasteiger partial charge >= 0.3 is 12.1 Å². The number of cyclic esters (lactones) is 1. The van der Waals surface area contributed by atoms with Crippen molar-refractivity contribution < 1.29 is 19.1 Å². The highest BCUT2D eigenvalue weighted by Gasteiger charge is 2.22. The highest BCUT2D eigenvalue weighted by Crippen LogP contribution is 2.03. The maximum atomic E-state index is 10.9. The first-order valence-electron chi connectivity index (χ1n) is 4.31. The summed E-state index contributed by atoms with van der Waals surface area (Å²) in [7, 11) is 0. The molecule has 0 saturated carbocycles. The van der Waals surface area contributed by atoms with Gasteiger partial charge in [0.15, 0.2) is 0 Å². The summed E-state index contributed by atoms with van der Waals surface area (Å²) in [6.45, 7) is 3.50. The van der Waals surface area contributed by atoms with Crippen molar-refractivity contribution in [2.75, 3.05) is 26.3 Å². The quantitative estimate of drug-likeness (QED) is 0.597. The first-order chi connectivity index (χ1) is 6.24. The van der Waals surface area contributed by atoms with Crippen LogP contribution < -0.4 is 0 Å². The average molecular weight is 187 g/mol. The fourth-order valence-corrected chi connectivity index (χ4v) is 1.09. The first kappa shape index (κ1) is 9.83. The molecule has 5 nitrogen and oxygen atoms in total. The molecular weight excluding hydrogens is 174 g/mol. The Labute approximate surface area is 76.6 Å². The summed E-state index contributed by atoms with van der Waals surface area (Å²) in [5, 5.41) is 0. The van der Waals surface area contributed by atoms with Gasteiger partial charge in [0.2, 0.25) is 0 Å². The van der Waals surface area contributed by atoms with Crippen molar-refractivity contribution >= 4 is 12.1 Å². The minimum atomic E-state index is -0.343. The van der Waals surface area contributed by atoms with E-state index in [1.54, 1.807) is 6.92 Å². The predicted octanol–water partition coefficient (Wildman–Crippen LogP) is 0.392. The summed E-state index contributed by atoms with van der Waals surface area (Å²) >= 11 is 0. The third kappa shape index (κ3) is 2.93. The fourth-order valence-electron chi connectivity index (χ4n) is 1.09. The van der Waals surface area contributed by atoms with E-state index in [0.29, 0.717) is 26.3 Å². The molecule has 0 unspecified atom stereocenters.